The normalized spacial score (nSPS) is 16.9. The van der Waals surface area contributed by atoms with Gasteiger partial charge < -0.3 is 30.4 Å². The highest BCUT2D eigenvalue weighted by Gasteiger charge is 2.22. The predicted molar refractivity (Wildman–Crippen MR) is 132 cm³/mol. The molecule has 4 N–H and O–H groups in total. The van der Waals surface area contributed by atoms with Crippen molar-refractivity contribution >= 4 is 23.4 Å². The molecule has 36 heavy (non-hydrogen) atoms. The highest BCUT2D eigenvalue weighted by molar-refractivity contribution is 5.53. The molecular weight excluding hydrogens is 467 g/mol. The van der Waals surface area contributed by atoms with E-state index in [1.807, 2.05) is 12.1 Å². The monoisotopic (exact) mass is 494 g/mol. The SMILES string of the molecule is Nc1nc(NCCN2CCN(c3ccc(OC4CNC4)cc3F)CC2)nc2nc(-c3ccco3)nn12. The average Bonchev–Trinajstić information content (AvgIpc) is 3.53. The Kier molecular flexibility index (Phi) is 5.99. The van der Waals surface area contributed by atoms with Gasteiger partial charge >= 0.3 is 0 Å². The number of benzene rings is 1. The molecule has 6 rings (SSSR count). The summed E-state index contributed by atoms with van der Waals surface area (Å²) in [6.45, 7) is 6.17. The third-order valence-electron chi connectivity index (χ3n) is 6.37. The smallest absolute Gasteiger partial charge is 0.259 e. The summed E-state index contributed by atoms with van der Waals surface area (Å²) in [5.74, 6) is 2.17. The third kappa shape index (κ3) is 4.62. The number of nitrogen functional groups attached to an aromatic ring is 1. The second kappa shape index (κ2) is 9.59. The molecule has 2 saturated heterocycles. The number of ether oxygens (including phenoxy) is 1. The van der Waals surface area contributed by atoms with Gasteiger partial charge in [0.15, 0.2) is 5.76 Å². The van der Waals surface area contributed by atoms with Crippen molar-refractivity contribution in [3.63, 3.8) is 0 Å². The van der Waals surface area contributed by atoms with Crippen molar-refractivity contribution in [2.24, 2.45) is 0 Å². The topological polar surface area (TPSA) is 135 Å². The van der Waals surface area contributed by atoms with Crippen LogP contribution in [0.2, 0.25) is 0 Å². The van der Waals surface area contributed by atoms with E-state index in [1.165, 1.54) is 10.6 Å². The van der Waals surface area contributed by atoms with E-state index in [2.05, 4.69) is 40.5 Å². The van der Waals surface area contributed by atoms with E-state index in [1.54, 1.807) is 18.4 Å². The van der Waals surface area contributed by atoms with E-state index in [4.69, 9.17) is 14.9 Å². The lowest BCUT2D eigenvalue weighted by Gasteiger charge is -2.36. The van der Waals surface area contributed by atoms with Gasteiger partial charge in [0.25, 0.3) is 5.78 Å². The fourth-order valence-electron chi connectivity index (χ4n) is 4.29. The summed E-state index contributed by atoms with van der Waals surface area (Å²) < 4.78 is 27.2. The zero-order chi connectivity index (χ0) is 24.5. The first-order valence-corrected chi connectivity index (χ1v) is 11.9. The number of hydrogen-bond acceptors (Lipinski definition) is 11. The van der Waals surface area contributed by atoms with E-state index < -0.39 is 0 Å². The van der Waals surface area contributed by atoms with Crippen molar-refractivity contribution in [2.45, 2.75) is 6.10 Å². The van der Waals surface area contributed by atoms with Crippen LogP contribution in [-0.2, 0) is 0 Å². The van der Waals surface area contributed by atoms with Gasteiger partial charge in [-0.05, 0) is 24.3 Å². The summed E-state index contributed by atoms with van der Waals surface area (Å²) in [7, 11) is 0. The van der Waals surface area contributed by atoms with Crippen molar-refractivity contribution < 1.29 is 13.5 Å². The first-order valence-electron chi connectivity index (χ1n) is 11.9. The van der Waals surface area contributed by atoms with Gasteiger partial charge in [-0.3, -0.25) is 4.90 Å². The molecule has 2 fully saturated rings. The lowest BCUT2D eigenvalue weighted by Crippen LogP contribution is -2.50. The van der Waals surface area contributed by atoms with Gasteiger partial charge in [-0.25, -0.2) is 4.39 Å². The number of anilines is 3. The maximum Gasteiger partial charge on any atom is 0.259 e. The minimum absolute atomic E-state index is 0.131. The van der Waals surface area contributed by atoms with Crippen LogP contribution in [-0.4, -0.2) is 87.9 Å². The first-order chi connectivity index (χ1) is 17.6. The Morgan fingerprint density at radius 2 is 2.00 bits per heavy atom. The van der Waals surface area contributed by atoms with E-state index in [9.17, 15) is 4.39 Å². The Morgan fingerprint density at radius 1 is 1.14 bits per heavy atom. The molecule has 0 bridgehead atoms. The molecule has 0 spiro atoms. The minimum Gasteiger partial charge on any atom is -0.488 e. The molecule has 0 amide bonds. The van der Waals surface area contributed by atoms with E-state index in [-0.39, 0.29) is 17.9 Å². The largest absolute Gasteiger partial charge is 0.488 e. The van der Waals surface area contributed by atoms with Crippen molar-refractivity contribution in [2.75, 3.05) is 68.3 Å². The van der Waals surface area contributed by atoms with Gasteiger partial charge in [0.2, 0.25) is 17.7 Å². The number of nitrogens with one attached hydrogen (secondary N) is 2. The fourth-order valence-corrected chi connectivity index (χ4v) is 4.29. The molecule has 12 nitrogen and oxygen atoms in total. The van der Waals surface area contributed by atoms with Crippen LogP contribution in [0.1, 0.15) is 0 Å². The van der Waals surface area contributed by atoms with Crippen molar-refractivity contribution in [1.29, 1.82) is 0 Å². The Hall–Kier alpha value is -3.97. The van der Waals surface area contributed by atoms with Gasteiger partial charge in [0.1, 0.15) is 17.7 Å². The molecule has 0 radical (unpaired) electrons. The fraction of sp³-hybridized carbons (Fsp3) is 0.391. The summed E-state index contributed by atoms with van der Waals surface area (Å²) in [5.41, 5.74) is 6.66. The number of fused-ring (bicyclic) bond motifs is 1. The maximum atomic E-state index is 14.7. The lowest BCUT2D eigenvalue weighted by molar-refractivity contribution is 0.142. The standard InChI is InChI=1S/C23H27FN10O2/c24-17-12-15(36-16-13-26-14-16)3-4-18(17)33-9-7-32(8-10-33)6-5-27-22-29-21(25)34-23(30-22)28-20(31-34)19-2-1-11-35-19/h1-4,11-12,16,26H,5-10,13-14H2,(H3,25,27,28,29,30,31). The van der Waals surface area contributed by atoms with E-state index in [0.717, 1.165) is 45.8 Å². The number of aromatic nitrogens is 5. The number of nitrogens with zero attached hydrogens (tertiary/aromatic N) is 7. The van der Waals surface area contributed by atoms with Crippen LogP contribution in [0.4, 0.5) is 22.0 Å². The number of furan rings is 1. The number of rotatable bonds is 8. The summed E-state index contributed by atoms with van der Waals surface area (Å²) in [4.78, 5) is 17.5. The summed E-state index contributed by atoms with van der Waals surface area (Å²) in [6.07, 6.45) is 1.69. The van der Waals surface area contributed by atoms with Crippen LogP contribution < -0.4 is 26.0 Å². The second-order valence-electron chi connectivity index (χ2n) is 8.80. The molecule has 5 heterocycles. The molecule has 13 heteroatoms. The first kappa shape index (κ1) is 22.5. The Balaban J connectivity index is 1.00. The van der Waals surface area contributed by atoms with Gasteiger partial charge in [-0.1, -0.05) is 0 Å². The van der Waals surface area contributed by atoms with Gasteiger partial charge in [0, 0.05) is 58.4 Å². The van der Waals surface area contributed by atoms with Crippen LogP contribution in [0.15, 0.2) is 41.0 Å². The molecule has 2 aliphatic rings. The Bertz CT molecular complexity index is 1330. The molecule has 4 aromatic rings. The van der Waals surface area contributed by atoms with Gasteiger partial charge in [-0.2, -0.15) is 19.5 Å². The van der Waals surface area contributed by atoms with Crippen LogP contribution in [0, 0.1) is 5.82 Å². The lowest BCUT2D eigenvalue weighted by atomic mass is 10.2. The molecule has 2 aliphatic heterocycles. The molecule has 0 atom stereocenters. The highest BCUT2D eigenvalue weighted by atomic mass is 19.1. The van der Waals surface area contributed by atoms with Crippen LogP contribution in [0.5, 0.6) is 5.75 Å². The van der Waals surface area contributed by atoms with Crippen LogP contribution >= 0.6 is 0 Å². The zero-order valence-corrected chi connectivity index (χ0v) is 19.6. The third-order valence-corrected chi connectivity index (χ3v) is 6.37. The summed E-state index contributed by atoms with van der Waals surface area (Å²) in [6, 6.07) is 8.68. The molecule has 0 saturated carbocycles. The zero-order valence-electron chi connectivity index (χ0n) is 19.6. The van der Waals surface area contributed by atoms with E-state index in [0.29, 0.717) is 41.3 Å². The van der Waals surface area contributed by atoms with Crippen LogP contribution in [0.3, 0.4) is 0 Å². The molecular formula is C23H27FN10O2. The van der Waals surface area contributed by atoms with Crippen molar-refractivity contribution in [3.8, 4) is 17.3 Å². The maximum absolute atomic E-state index is 14.7. The summed E-state index contributed by atoms with van der Waals surface area (Å²) >= 11 is 0. The molecule has 3 aromatic heterocycles. The highest BCUT2D eigenvalue weighted by Crippen LogP contribution is 2.26. The Morgan fingerprint density at radius 3 is 2.72 bits per heavy atom. The van der Waals surface area contributed by atoms with Crippen molar-refractivity contribution in [1.82, 2.24) is 34.8 Å². The number of nitrogens with two attached hydrogens (primary N) is 1. The minimum atomic E-state index is -0.247. The predicted octanol–water partition coefficient (Wildman–Crippen LogP) is 1.09. The van der Waals surface area contributed by atoms with Gasteiger partial charge in [0.05, 0.1) is 12.0 Å². The Labute approximate surface area is 206 Å². The average molecular weight is 495 g/mol. The number of hydrogen-bond donors (Lipinski definition) is 3. The van der Waals surface area contributed by atoms with Crippen molar-refractivity contribution in [3.05, 3.63) is 42.4 Å². The van der Waals surface area contributed by atoms with Crippen LogP contribution in [0.25, 0.3) is 17.4 Å². The number of piperazine rings is 1. The quantitative estimate of drug-likeness (QED) is 0.325. The second-order valence-corrected chi connectivity index (χ2v) is 8.80. The summed E-state index contributed by atoms with van der Waals surface area (Å²) in [5, 5.41) is 10.7. The molecule has 0 unspecified atom stereocenters. The molecule has 0 aliphatic carbocycles. The molecule has 188 valence electrons. The number of halogens is 1. The van der Waals surface area contributed by atoms with E-state index >= 15 is 0 Å². The molecule has 1 aromatic carbocycles. The van der Waals surface area contributed by atoms with Gasteiger partial charge in [-0.15, -0.1) is 5.10 Å².